The van der Waals surface area contributed by atoms with Gasteiger partial charge in [-0.15, -0.1) is 0 Å². The van der Waals surface area contributed by atoms with Crippen molar-refractivity contribution in [1.82, 2.24) is 9.97 Å². The van der Waals surface area contributed by atoms with Crippen molar-refractivity contribution >= 4 is 11.9 Å². The lowest BCUT2D eigenvalue weighted by Crippen LogP contribution is -2.37. The number of esters is 1. The Morgan fingerprint density at radius 2 is 1.85 bits per heavy atom. The molecule has 0 saturated carbocycles. The van der Waals surface area contributed by atoms with Crippen molar-refractivity contribution in [3.05, 3.63) is 18.0 Å². The first-order chi connectivity index (χ1) is 9.41. The third-order valence-corrected chi connectivity index (χ3v) is 3.28. The van der Waals surface area contributed by atoms with Crippen LogP contribution in [0.1, 0.15) is 18.4 Å². The molecule has 0 amide bonds. The largest absolute Gasteiger partial charge is 0.469 e. The predicted octanol–water partition coefficient (Wildman–Crippen LogP) is 1.88. The van der Waals surface area contributed by atoms with Gasteiger partial charge in [0.2, 0.25) is 5.95 Å². The molecule has 2 rings (SSSR count). The lowest BCUT2D eigenvalue weighted by Gasteiger charge is -2.30. The maximum atomic E-state index is 12.4. The number of carbonyl (C=O) groups excluding carboxylic acids is 1. The Morgan fingerprint density at radius 1 is 1.30 bits per heavy atom. The van der Waals surface area contributed by atoms with Crippen LogP contribution < -0.4 is 4.90 Å². The maximum Gasteiger partial charge on any atom is 0.419 e. The van der Waals surface area contributed by atoms with Gasteiger partial charge in [0.15, 0.2) is 0 Å². The van der Waals surface area contributed by atoms with Gasteiger partial charge in [0.05, 0.1) is 18.6 Å². The van der Waals surface area contributed by atoms with E-state index < -0.39 is 11.7 Å². The summed E-state index contributed by atoms with van der Waals surface area (Å²) >= 11 is 0. The lowest BCUT2D eigenvalue weighted by atomic mass is 9.97. The molecule has 0 unspecified atom stereocenters. The monoisotopic (exact) mass is 289 g/mol. The molecule has 0 bridgehead atoms. The molecule has 5 nitrogen and oxygen atoms in total. The van der Waals surface area contributed by atoms with E-state index >= 15 is 0 Å². The molecule has 8 heteroatoms. The second-order valence-electron chi connectivity index (χ2n) is 4.55. The van der Waals surface area contributed by atoms with Gasteiger partial charge in [-0.2, -0.15) is 13.2 Å². The summed E-state index contributed by atoms with van der Waals surface area (Å²) in [4.78, 5) is 20.6. The number of alkyl halides is 3. The Balaban J connectivity index is 1.99. The highest BCUT2D eigenvalue weighted by Crippen LogP contribution is 2.29. The quantitative estimate of drug-likeness (QED) is 0.778. The van der Waals surface area contributed by atoms with Crippen LogP contribution in [-0.4, -0.2) is 36.1 Å². The van der Waals surface area contributed by atoms with Crippen molar-refractivity contribution in [3.63, 3.8) is 0 Å². The maximum absolute atomic E-state index is 12.4. The van der Waals surface area contributed by atoms with Crippen LogP contribution in [-0.2, 0) is 15.7 Å². The van der Waals surface area contributed by atoms with Crippen LogP contribution in [0.15, 0.2) is 12.4 Å². The zero-order valence-electron chi connectivity index (χ0n) is 10.9. The molecular formula is C12H14F3N3O2. The highest BCUT2D eigenvalue weighted by Gasteiger charge is 2.32. The summed E-state index contributed by atoms with van der Waals surface area (Å²) in [5, 5.41) is 0. The van der Waals surface area contributed by atoms with Gasteiger partial charge in [0, 0.05) is 25.5 Å². The SMILES string of the molecule is COC(=O)C1CCN(c2ncc(C(F)(F)F)cn2)CC1. The number of halogens is 3. The molecule has 1 aliphatic rings. The molecule has 1 fully saturated rings. The fourth-order valence-electron chi connectivity index (χ4n) is 2.11. The van der Waals surface area contributed by atoms with Crippen molar-refractivity contribution in [2.45, 2.75) is 19.0 Å². The van der Waals surface area contributed by atoms with Gasteiger partial charge in [0.25, 0.3) is 0 Å². The number of ether oxygens (including phenoxy) is 1. The third kappa shape index (κ3) is 3.17. The summed E-state index contributed by atoms with van der Waals surface area (Å²) in [5.74, 6) is -0.162. The molecule has 0 N–H and O–H groups in total. The fraction of sp³-hybridized carbons (Fsp3) is 0.583. The highest BCUT2D eigenvalue weighted by atomic mass is 19.4. The number of nitrogens with zero attached hydrogens (tertiary/aromatic N) is 3. The van der Waals surface area contributed by atoms with Gasteiger partial charge in [-0.3, -0.25) is 4.79 Å². The van der Waals surface area contributed by atoms with E-state index in [0.717, 1.165) is 12.4 Å². The van der Waals surface area contributed by atoms with E-state index in [9.17, 15) is 18.0 Å². The molecule has 1 aliphatic heterocycles. The van der Waals surface area contributed by atoms with Crippen molar-refractivity contribution in [3.8, 4) is 0 Å². The Kier molecular flexibility index (Phi) is 4.10. The van der Waals surface area contributed by atoms with E-state index in [2.05, 4.69) is 14.7 Å². The van der Waals surface area contributed by atoms with Crippen LogP contribution in [0, 0.1) is 5.92 Å². The molecule has 20 heavy (non-hydrogen) atoms. The van der Waals surface area contributed by atoms with E-state index in [1.54, 1.807) is 4.90 Å². The molecule has 0 aromatic carbocycles. The van der Waals surface area contributed by atoms with Gasteiger partial charge < -0.3 is 9.64 Å². The van der Waals surface area contributed by atoms with Crippen molar-refractivity contribution in [2.24, 2.45) is 5.92 Å². The Bertz CT molecular complexity index is 468. The number of methoxy groups -OCH3 is 1. The summed E-state index contributed by atoms with van der Waals surface area (Å²) in [6.45, 7) is 1.04. The number of aromatic nitrogens is 2. The average molecular weight is 289 g/mol. The van der Waals surface area contributed by atoms with Crippen molar-refractivity contribution in [2.75, 3.05) is 25.1 Å². The first-order valence-electron chi connectivity index (χ1n) is 6.14. The third-order valence-electron chi connectivity index (χ3n) is 3.28. The van der Waals surface area contributed by atoms with Crippen LogP contribution >= 0.6 is 0 Å². The van der Waals surface area contributed by atoms with Crippen LogP contribution in [0.5, 0.6) is 0 Å². The minimum Gasteiger partial charge on any atom is -0.469 e. The normalized spacial score (nSPS) is 17.1. The first-order valence-corrected chi connectivity index (χ1v) is 6.14. The smallest absolute Gasteiger partial charge is 0.419 e. The molecular weight excluding hydrogens is 275 g/mol. The first kappa shape index (κ1) is 14.5. The molecule has 110 valence electrons. The number of anilines is 1. The van der Waals surface area contributed by atoms with E-state index in [1.165, 1.54) is 7.11 Å². The van der Waals surface area contributed by atoms with Crippen LogP contribution in [0.4, 0.5) is 19.1 Å². The Labute approximate surface area is 113 Å². The Hall–Kier alpha value is -1.86. The van der Waals surface area contributed by atoms with Crippen LogP contribution in [0.25, 0.3) is 0 Å². The molecule has 1 aromatic heterocycles. The molecule has 2 heterocycles. The van der Waals surface area contributed by atoms with Crippen molar-refractivity contribution in [1.29, 1.82) is 0 Å². The lowest BCUT2D eigenvalue weighted by molar-refractivity contribution is -0.146. The summed E-state index contributed by atoms with van der Waals surface area (Å²) in [5.41, 5.74) is -0.870. The molecule has 1 saturated heterocycles. The Morgan fingerprint density at radius 3 is 2.30 bits per heavy atom. The van der Waals surface area contributed by atoms with Gasteiger partial charge in [-0.1, -0.05) is 0 Å². The molecule has 1 aromatic rings. The number of carbonyl (C=O) groups is 1. The predicted molar refractivity (Wildman–Crippen MR) is 64.0 cm³/mol. The van der Waals surface area contributed by atoms with Crippen LogP contribution in [0.2, 0.25) is 0 Å². The number of hydrogen-bond donors (Lipinski definition) is 0. The fourth-order valence-corrected chi connectivity index (χ4v) is 2.11. The van der Waals surface area contributed by atoms with E-state index in [4.69, 9.17) is 0 Å². The van der Waals surface area contributed by atoms with Gasteiger partial charge in [-0.05, 0) is 12.8 Å². The van der Waals surface area contributed by atoms with Crippen molar-refractivity contribution < 1.29 is 22.7 Å². The molecule has 0 spiro atoms. The van der Waals surface area contributed by atoms with E-state index in [-0.39, 0.29) is 17.8 Å². The topological polar surface area (TPSA) is 55.3 Å². The van der Waals surface area contributed by atoms with Crippen LogP contribution in [0.3, 0.4) is 0 Å². The summed E-state index contributed by atoms with van der Waals surface area (Å²) in [7, 11) is 1.34. The number of rotatable bonds is 2. The highest BCUT2D eigenvalue weighted by molar-refractivity contribution is 5.72. The second kappa shape index (κ2) is 5.64. The summed E-state index contributed by atoms with van der Waals surface area (Å²) < 4.78 is 41.9. The summed E-state index contributed by atoms with van der Waals surface area (Å²) in [6.07, 6.45) is -1.73. The standard InChI is InChI=1S/C12H14F3N3O2/c1-20-10(19)8-2-4-18(5-3-8)11-16-6-9(7-17-11)12(13,14)15/h6-8H,2-5H2,1H3. The van der Waals surface area contributed by atoms with E-state index in [1.807, 2.05) is 0 Å². The van der Waals surface area contributed by atoms with E-state index in [0.29, 0.717) is 25.9 Å². The molecule has 0 aliphatic carbocycles. The van der Waals surface area contributed by atoms with Gasteiger partial charge >= 0.3 is 12.1 Å². The average Bonchev–Trinajstić information content (AvgIpc) is 2.46. The van der Waals surface area contributed by atoms with Gasteiger partial charge in [0.1, 0.15) is 0 Å². The second-order valence-corrected chi connectivity index (χ2v) is 4.55. The zero-order valence-corrected chi connectivity index (χ0v) is 10.9. The van der Waals surface area contributed by atoms with Gasteiger partial charge in [-0.25, -0.2) is 9.97 Å². The summed E-state index contributed by atoms with van der Waals surface area (Å²) in [6, 6.07) is 0. The minimum absolute atomic E-state index is 0.161. The molecule has 0 radical (unpaired) electrons. The molecule has 0 atom stereocenters. The number of hydrogen-bond acceptors (Lipinski definition) is 5. The minimum atomic E-state index is -4.43. The zero-order chi connectivity index (χ0) is 14.8. The number of piperidine rings is 1.